The van der Waals surface area contributed by atoms with E-state index in [4.69, 9.17) is 0 Å². The number of hydrogen-bond donors (Lipinski definition) is 1. The SMILES string of the molecule is Fc1cc(Br)ccc1Nc1ccnc2cc(Br)cnc12. The molecule has 1 N–H and O–H groups in total. The highest BCUT2D eigenvalue weighted by atomic mass is 79.9. The fourth-order valence-electron chi connectivity index (χ4n) is 1.84. The summed E-state index contributed by atoms with van der Waals surface area (Å²) in [7, 11) is 0. The van der Waals surface area contributed by atoms with Crippen molar-refractivity contribution < 1.29 is 4.39 Å². The Bertz CT molecular complexity index is 792. The quantitative estimate of drug-likeness (QED) is 0.659. The number of nitrogens with zero attached hydrogens (tertiary/aromatic N) is 2. The van der Waals surface area contributed by atoms with Crippen LogP contribution in [-0.4, -0.2) is 9.97 Å². The summed E-state index contributed by atoms with van der Waals surface area (Å²) in [5, 5.41) is 3.05. The van der Waals surface area contributed by atoms with Gasteiger partial charge in [-0.15, -0.1) is 0 Å². The summed E-state index contributed by atoms with van der Waals surface area (Å²) in [4.78, 5) is 8.57. The highest BCUT2D eigenvalue weighted by molar-refractivity contribution is 9.10. The van der Waals surface area contributed by atoms with Gasteiger partial charge in [0.2, 0.25) is 0 Å². The number of fused-ring (bicyclic) bond motifs is 1. The average Bonchev–Trinajstić information content (AvgIpc) is 2.41. The molecule has 3 nitrogen and oxygen atoms in total. The van der Waals surface area contributed by atoms with E-state index in [9.17, 15) is 4.39 Å². The van der Waals surface area contributed by atoms with Gasteiger partial charge in [0, 0.05) is 21.3 Å². The molecule has 3 rings (SSSR count). The predicted octanol–water partition coefficient (Wildman–Crippen LogP) is 5.04. The molecule has 100 valence electrons. The molecule has 0 radical (unpaired) electrons. The van der Waals surface area contributed by atoms with Gasteiger partial charge < -0.3 is 5.32 Å². The summed E-state index contributed by atoms with van der Waals surface area (Å²) >= 11 is 6.59. The number of rotatable bonds is 2. The molecule has 3 aromatic rings. The summed E-state index contributed by atoms with van der Waals surface area (Å²) in [6.07, 6.45) is 3.35. The first-order valence-electron chi connectivity index (χ1n) is 5.76. The van der Waals surface area contributed by atoms with Gasteiger partial charge in [-0.1, -0.05) is 15.9 Å². The highest BCUT2D eigenvalue weighted by Crippen LogP contribution is 2.27. The van der Waals surface area contributed by atoms with Crippen molar-refractivity contribution in [1.82, 2.24) is 9.97 Å². The van der Waals surface area contributed by atoms with Gasteiger partial charge in [-0.3, -0.25) is 9.97 Å². The van der Waals surface area contributed by atoms with E-state index in [0.29, 0.717) is 21.4 Å². The predicted molar refractivity (Wildman–Crippen MR) is 84.6 cm³/mol. The monoisotopic (exact) mass is 395 g/mol. The first-order valence-corrected chi connectivity index (χ1v) is 7.34. The van der Waals surface area contributed by atoms with Crippen LogP contribution in [0.15, 0.2) is 51.7 Å². The van der Waals surface area contributed by atoms with Gasteiger partial charge in [0.05, 0.1) is 16.9 Å². The van der Waals surface area contributed by atoms with Crippen molar-refractivity contribution in [3.8, 4) is 0 Å². The lowest BCUT2D eigenvalue weighted by atomic mass is 10.2. The van der Waals surface area contributed by atoms with Gasteiger partial charge in [-0.05, 0) is 46.3 Å². The maximum Gasteiger partial charge on any atom is 0.147 e. The van der Waals surface area contributed by atoms with E-state index in [0.717, 1.165) is 9.99 Å². The van der Waals surface area contributed by atoms with E-state index in [1.807, 2.05) is 6.07 Å². The summed E-state index contributed by atoms with van der Waals surface area (Å²) in [5.74, 6) is -0.332. The van der Waals surface area contributed by atoms with Gasteiger partial charge >= 0.3 is 0 Å². The fourth-order valence-corrected chi connectivity index (χ4v) is 2.49. The highest BCUT2D eigenvalue weighted by Gasteiger charge is 2.07. The first-order chi connectivity index (χ1) is 9.63. The van der Waals surface area contributed by atoms with Crippen LogP contribution in [0, 0.1) is 5.82 Å². The van der Waals surface area contributed by atoms with Crippen LogP contribution in [0.3, 0.4) is 0 Å². The van der Waals surface area contributed by atoms with Crippen LogP contribution >= 0.6 is 31.9 Å². The minimum atomic E-state index is -0.332. The van der Waals surface area contributed by atoms with Gasteiger partial charge in [-0.25, -0.2) is 4.39 Å². The molecule has 0 spiro atoms. The van der Waals surface area contributed by atoms with E-state index in [1.165, 1.54) is 6.07 Å². The number of nitrogens with one attached hydrogen (secondary N) is 1. The maximum absolute atomic E-state index is 13.9. The number of anilines is 2. The minimum absolute atomic E-state index is 0.332. The molecule has 2 aromatic heterocycles. The van der Waals surface area contributed by atoms with Crippen molar-refractivity contribution >= 4 is 54.3 Å². The average molecular weight is 397 g/mol. The largest absolute Gasteiger partial charge is 0.351 e. The zero-order valence-electron chi connectivity index (χ0n) is 10.1. The van der Waals surface area contributed by atoms with Crippen molar-refractivity contribution in [2.24, 2.45) is 0 Å². The number of aromatic nitrogens is 2. The normalized spacial score (nSPS) is 10.8. The molecule has 0 saturated heterocycles. The van der Waals surface area contributed by atoms with E-state index >= 15 is 0 Å². The second-order valence-corrected chi connectivity index (χ2v) is 5.96. The molecule has 0 saturated carbocycles. The smallest absolute Gasteiger partial charge is 0.147 e. The summed E-state index contributed by atoms with van der Waals surface area (Å²) in [6, 6.07) is 8.50. The molecule has 0 aliphatic carbocycles. The van der Waals surface area contributed by atoms with Crippen molar-refractivity contribution in [2.75, 3.05) is 5.32 Å². The van der Waals surface area contributed by atoms with Gasteiger partial charge in [0.25, 0.3) is 0 Å². The minimum Gasteiger partial charge on any atom is -0.351 e. The third-order valence-corrected chi connectivity index (χ3v) is 3.67. The Hall–Kier alpha value is -1.53. The van der Waals surface area contributed by atoms with Gasteiger partial charge in [0.15, 0.2) is 0 Å². The Kier molecular flexibility index (Phi) is 3.67. The Morgan fingerprint density at radius 1 is 0.950 bits per heavy atom. The van der Waals surface area contributed by atoms with Crippen LogP contribution in [-0.2, 0) is 0 Å². The molecule has 0 bridgehead atoms. The van der Waals surface area contributed by atoms with Crippen molar-refractivity contribution in [3.05, 3.63) is 57.5 Å². The van der Waals surface area contributed by atoms with E-state index in [2.05, 4.69) is 47.1 Å². The lowest BCUT2D eigenvalue weighted by molar-refractivity contribution is 0.631. The van der Waals surface area contributed by atoms with Gasteiger partial charge in [-0.2, -0.15) is 0 Å². The lowest BCUT2D eigenvalue weighted by Crippen LogP contribution is -1.96. The molecular formula is C14H8Br2FN3. The third-order valence-electron chi connectivity index (χ3n) is 2.74. The maximum atomic E-state index is 13.9. The molecule has 1 aromatic carbocycles. The van der Waals surface area contributed by atoms with Crippen LogP contribution in [0.1, 0.15) is 0 Å². The third kappa shape index (κ3) is 2.66. The summed E-state index contributed by atoms with van der Waals surface area (Å²) < 4.78 is 15.4. The van der Waals surface area contributed by atoms with Crippen LogP contribution < -0.4 is 5.32 Å². The summed E-state index contributed by atoms with van der Waals surface area (Å²) in [6.45, 7) is 0. The second kappa shape index (κ2) is 5.46. The molecule has 0 unspecified atom stereocenters. The van der Waals surface area contributed by atoms with Crippen molar-refractivity contribution in [2.45, 2.75) is 0 Å². The number of pyridine rings is 2. The van der Waals surface area contributed by atoms with Gasteiger partial charge in [0.1, 0.15) is 11.3 Å². The zero-order valence-corrected chi connectivity index (χ0v) is 13.2. The fraction of sp³-hybridized carbons (Fsp3) is 0. The molecule has 0 atom stereocenters. The zero-order chi connectivity index (χ0) is 14.1. The second-order valence-electron chi connectivity index (χ2n) is 4.13. The van der Waals surface area contributed by atoms with Crippen LogP contribution in [0.4, 0.5) is 15.8 Å². The molecule has 20 heavy (non-hydrogen) atoms. The molecular weight excluding hydrogens is 389 g/mol. The van der Waals surface area contributed by atoms with E-state index < -0.39 is 0 Å². The number of halogens is 3. The lowest BCUT2D eigenvalue weighted by Gasteiger charge is -2.10. The molecule has 6 heteroatoms. The molecule has 0 aliphatic rings. The Morgan fingerprint density at radius 2 is 1.80 bits per heavy atom. The number of benzene rings is 1. The Morgan fingerprint density at radius 3 is 2.60 bits per heavy atom. The summed E-state index contributed by atoms with van der Waals surface area (Å²) in [5.41, 5.74) is 2.54. The topological polar surface area (TPSA) is 37.8 Å². The van der Waals surface area contributed by atoms with Crippen molar-refractivity contribution in [1.29, 1.82) is 0 Å². The first kappa shape index (κ1) is 13.5. The van der Waals surface area contributed by atoms with Crippen LogP contribution in [0.25, 0.3) is 11.0 Å². The standard InChI is InChI=1S/C14H8Br2FN3/c15-8-1-2-11(10(17)5-8)20-12-3-4-18-13-6-9(16)7-19-14(12)13/h1-7H,(H,18,20). The Labute approximate surface area is 131 Å². The van der Waals surface area contributed by atoms with E-state index in [1.54, 1.807) is 30.6 Å². The molecule has 0 amide bonds. The van der Waals surface area contributed by atoms with E-state index in [-0.39, 0.29) is 5.82 Å². The number of hydrogen-bond acceptors (Lipinski definition) is 3. The molecule has 0 aliphatic heterocycles. The molecule has 2 heterocycles. The van der Waals surface area contributed by atoms with Crippen LogP contribution in [0.2, 0.25) is 0 Å². The Balaban J connectivity index is 2.06. The van der Waals surface area contributed by atoms with Crippen molar-refractivity contribution in [3.63, 3.8) is 0 Å². The molecule has 0 fully saturated rings. The van der Waals surface area contributed by atoms with Crippen LogP contribution in [0.5, 0.6) is 0 Å².